The molecule has 4 rings (SSSR count). The lowest BCUT2D eigenvalue weighted by Crippen LogP contribution is -2.43. The molecule has 1 heterocycles. The molecule has 0 aromatic heterocycles. The third-order valence-electron chi connectivity index (χ3n) is 6.00. The lowest BCUT2D eigenvalue weighted by molar-refractivity contribution is -0.276. The van der Waals surface area contributed by atoms with Crippen LogP contribution in [0.4, 0.5) is 35.1 Å². The van der Waals surface area contributed by atoms with Crippen molar-refractivity contribution in [1.82, 2.24) is 5.32 Å². The summed E-state index contributed by atoms with van der Waals surface area (Å²) in [5.41, 5.74) is -7.13. The molecule has 1 amide bonds. The minimum absolute atomic E-state index is 0.00888. The number of alkyl halides is 6. The quantitative estimate of drug-likeness (QED) is 0.226. The molecule has 0 spiro atoms. The van der Waals surface area contributed by atoms with Crippen molar-refractivity contribution in [3.05, 3.63) is 82.4 Å². The molecular formula is C25H17F8N3O3. The second-order valence-corrected chi connectivity index (χ2v) is 8.34. The second kappa shape index (κ2) is 10.2. The Morgan fingerprint density at radius 1 is 1.10 bits per heavy atom. The van der Waals surface area contributed by atoms with E-state index >= 15 is 0 Å². The highest BCUT2D eigenvalue weighted by atomic mass is 19.4. The average Bonchev–Trinajstić information content (AvgIpc) is 3.33. The van der Waals surface area contributed by atoms with Crippen LogP contribution < -0.4 is 5.32 Å². The van der Waals surface area contributed by atoms with E-state index in [2.05, 4.69) is 20.5 Å². The number of oxime groups is 2. The van der Waals surface area contributed by atoms with E-state index in [1.54, 1.807) is 12.1 Å². The number of carbonyl (C=O) groups excluding carboxylic acids is 1. The van der Waals surface area contributed by atoms with Crippen molar-refractivity contribution in [2.45, 2.75) is 24.4 Å². The number of hydrogen-bond donors (Lipinski definition) is 1. The highest BCUT2D eigenvalue weighted by Gasteiger charge is 2.63. The van der Waals surface area contributed by atoms with Gasteiger partial charge in [0.25, 0.3) is 11.5 Å². The first kappa shape index (κ1) is 27.8. The summed E-state index contributed by atoms with van der Waals surface area (Å²) in [6, 6.07) is 8.69. The summed E-state index contributed by atoms with van der Waals surface area (Å²) in [5, 5.41) is 10.2. The average molecular weight is 559 g/mol. The Bertz CT molecular complexity index is 1480. The van der Waals surface area contributed by atoms with Gasteiger partial charge in [-0.2, -0.15) is 26.3 Å². The molecule has 3 aromatic carbocycles. The van der Waals surface area contributed by atoms with Gasteiger partial charge in [0.1, 0.15) is 7.11 Å². The summed E-state index contributed by atoms with van der Waals surface area (Å²) < 4.78 is 111. The first-order chi connectivity index (χ1) is 18.3. The van der Waals surface area contributed by atoms with Gasteiger partial charge < -0.3 is 15.0 Å². The number of rotatable bonds is 6. The first-order valence-electron chi connectivity index (χ1n) is 11.0. The Morgan fingerprint density at radius 2 is 1.79 bits per heavy atom. The molecule has 1 atom stereocenters. The molecule has 206 valence electrons. The molecule has 0 fully saturated rings. The minimum atomic E-state index is -5.47. The largest absolute Gasteiger partial charge is 0.435 e. The van der Waals surface area contributed by atoms with Crippen molar-refractivity contribution in [2.75, 3.05) is 13.7 Å². The molecule has 0 radical (unpaired) electrons. The molecule has 39 heavy (non-hydrogen) atoms. The SMILES string of the molecule is CON=CCNC(=O)c1ccc(C2=NOC(c3cc(F)c(F)c(C(F)(F)F)c3)(C(F)(F)F)C2)c2ccccc12. The Labute approximate surface area is 214 Å². The maximum Gasteiger partial charge on any atom is 0.435 e. The third kappa shape index (κ3) is 5.10. The first-order valence-corrected chi connectivity index (χ1v) is 11.0. The van der Waals surface area contributed by atoms with E-state index in [0.717, 1.165) is 0 Å². The Balaban J connectivity index is 1.77. The van der Waals surface area contributed by atoms with Crippen molar-refractivity contribution < 1.29 is 49.6 Å². The standard InChI is InChI=1S/C25H17F8N3O3/c1-38-35-9-8-34-22(37)17-7-6-16(14-4-2-3-5-15(14)17)20-12-23(39-36-20,25(31,32)33)13-10-18(24(28,29)30)21(27)19(26)11-13/h2-7,9-11H,8,12H2,1H3,(H,34,37). The molecule has 14 heteroatoms. The molecule has 0 bridgehead atoms. The number of hydrogen-bond acceptors (Lipinski definition) is 5. The van der Waals surface area contributed by atoms with Gasteiger partial charge in [-0.3, -0.25) is 4.79 Å². The summed E-state index contributed by atoms with van der Waals surface area (Å²) in [4.78, 5) is 21.9. The van der Waals surface area contributed by atoms with E-state index < -0.39 is 53.0 Å². The van der Waals surface area contributed by atoms with Gasteiger partial charge >= 0.3 is 12.4 Å². The molecule has 0 saturated carbocycles. The number of benzene rings is 3. The maximum atomic E-state index is 14.3. The second-order valence-electron chi connectivity index (χ2n) is 8.34. The van der Waals surface area contributed by atoms with Crippen molar-refractivity contribution >= 4 is 28.6 Å². The van der Waals surface area contributed by atoms with Crippen LogP contribution in [0.25, 0.3) is 10.8 Å². The Morgan fingerprint density at radius 3 is 2.44 bits per heavy atom. The van der Waals surface area contributed by atoms with Crippen molar-refractivity contribution in [1.29, 1.82) is 0 Å². The number of fused-ring (bicyclic) bond motifs is 1. The highest BCUT2D eigenvalue weighted by molar-refractivity contribution is 6.16. The number of nitrogens with one attached hydrogen (secondary N) is 1. The third-order valence-corrected chi connectivity index (χ3v) is 6.00. The van der Waals surface area contributed by atoms with Gasteiger partial charge in [-0.15, -0.1) is 0 Å². The van der Waals surface area contributed by atoms with Crippen LogP contribution in [-0.2, 0) is 21.5 Å². The Hall–Kier alpha value is -4.23. The highest BCUT2D eigenvalue weighted by Crippen LogP contribution is 2.50. The van der Waals surface area contributed by atoms with Gasteiger partial charge in [-0.25, -0.2) is 8.78 Å². The van der Waals surface area contributed by atoms with Crippen LogP contribution in [-0.4, -0.2) is 37.7 Å². The maximum absolute atomic E-state index is 14.3. The van der Waals surface area contributed by atoms with Gasteiger partial charge in [-0.1, -0.05) is 40.6 Å². The van der Waals surface area contributed by atoms with Crippen LogP contribution in [0.5, 0.6) is 0 Å². The van der Waals surface area contributed by atoms with E-state index in [-0.39, 0.29) is 40.9 Å². The molecular weight excluding hydrogens is 542 g/mol. The molecule has 3 aromatic rings. The zero-order chi connectivity index (χ0) is 28.6. The van der Waals surface area contributed by atoms with Crippen molar-refractivity contribution in [2.24, 2.45) is 10.3 Å². The zero-order valence-corrected chi connectivity index (χ0v) is 19.8. The molecule has 1 aliphatic rings. The van der Waals surface area contributed by atoms with Crippen LogP contribution in [0.2, 0.25) is 0 Å². The minimum Gasteiger partial charge on any atom is -0.399 e. The van der Waals surface area contributed by atoms with Crippen LogP contribution >= 0.6 is 0 Å². The van der Waals surface area contributed by atoms with Crippen LogP contribution in [0.15, 0.2) is 58.8 Å². The predicted molar refractivity (Wildman–Crippen MR) is 123 cm³/mol. The van der Waals surface area contributed by atoms with Crippen LogP contribution in [0, 0.1) is 11.6 Å². The topological polar surface area (TPSA) is 72.3 Å². The monoisotopic (exact) mass is 559 g/mol. The molecule has 0 saturated heterocycles. The van der Waals surface area contributed by atoms with Gasteiger partial charge in [0.2, 0.25) is 0 Å². The van der Waals surface area contributed by atoms with E-state index in [4.69, 9.17) is 4.84 Å². The molecule has 0 aliphatic carbocycles. The summed E-state index contributed by atoms with van der Waals surface area (Å²) in [6.45, 7) is 0.0194. The summed E-state index contributed by atoms with van der Waals surface area (Å²) >= 11 is 0. The lowest BCUT2D eigenvalue weighted by atomic mass is 9.84. The predicted octanol–water partition coefficient (Wildman–Crippen LogP) is 6.08. The van der Waals surface area contributed by atoms with Gasteiger partial charge in [0, 0.05) is 23.1 Å². The van der Waals surface area contributed by atoms with E-state index in [1.807, 2.05) is 0 Å². The summed E-state index contributed by atoms with van der Waals surface area (Å²) in [6.07, 6.45) is -10.7. The summed E-state index contributed by atoms with van der Waals surface area (Å²) in [7, 11) is 1.31. The fraction of sp³-hybridized carbons (Fsp3) is 0.240. The molecule has 6 nitrogen and oxygen atoms in total. The van der Waals surface area contributed by atoms with Crippen molar-refractivity contribution in [3.8, 4) is 0 Å². The summed E-state index contributed by atoms with van der Waals surface area (Å²) in [5.74, 6) is -5.00. The molecule has 1 N–H and O–H groups in total. The van der Waals surface area contributed by atoms with Gasteiger partial charge in [0.15, 0.2) is 11.6 Å². The smallest absolute Gasteiger partial charge is 0.399 e. The van der Waals surface area contributed by atoms with E-state index in [1.165, 1.54) is 37.6 Å². The normalized spacial score (nSPS) is 17.8. The molecule has 1 unspecified atom stereocenters. The van der Waals surface area contributed by atoms with Crippen LogP contribution in [0.1, 0.15) is 33.5 Å². The fourth-order valence-corrected chi connectivity index (χ4v) is 4.17. The number of nitrogens with zero attached hydrogens (tertiary/aromatic N) is 2. The number of carbonyl (C=O) groups is 1. The fourth-order valence-electron chi connectivity index (χ4n) is 4.17. The Kier molecular flexibility index (Phi) is 7.23. The van der Waals surface area contributed by atoms with E-state index in [0.29, 0.717) is 5.39 Å². The lowest BCUT2D eigenvalue weighted by Gasteiger charge is -2.30. The van der Waals surface area contributed by atoms with Crippen LogP contribution in [0.3, 0.4) is 0 Å². The van der Waals surface area contributed by atoms with Gasteiger partial charge in [0.05, 0.1) is 24.0 Å². The van der Waals surface area contributed by atoms with E-state index in [9.17, 15) is 39.9 Å². The zero-order valence-electron chi connectivity index (χ0n) is 19.8. The van der Waals surface area contributed by atoms with Gasteiger partial charge in [-0.05, 0) is 29.0 Å². The molecule has 1 aliphatic heterocycles. The van der Waals surface area contributed by atoms with Crippen molar-refractivity contribution in [3.63, 3.8) is 0 Å². The number of amides is 1. The number of halogens is 8.